The predicted octanol–water partition coefficient (Wildman–Crippen LogP) is 2.04. The first kappa shape index (κ1) is 23.0. The molecule has 0 spiro atoms. The van der Waals surface area contributed by atoms with E-state index in [1.807, 2.05) is 30.2 Å². The molecule has 0 amide bonds. The van der Waals surface area contributed by atoms with Crippen molar-refractivity contribution in [3.8, 4) is 11.1 Å². The maximum absolute atomic E-state index is 13.2. The molecule has 188 valence electrons. The van der Waals surface area contributed by atoms with Crippen LogP contribution >= 0.6 is 0 Å². The third-order valence-electron chi connectivity index (χ3n) is 6.71. The molecular formula is C25H25FN10O. The number of nitrogens with zero attached hydrogens (tertiary/aromatic N) is 10. The Morgan fingerprint density at radius 1 is 0.865 bits per heavy atom. The Balaban J connectivity index is 1.17. The highest BCUT2D eigenvalue weighted by molar-refractivity contribution is 5.77. The van der Waals surface area contributed by atoms with Crippen LogP contribution < -0.4 is 9.80 Å². The van der Waals surface area contributed by atoms with E-state index in [4.69, 9.17) is 0 Å². The van der Waals surface area contributed by atoms with E-state index in [-0.39, 0.29) is 0 Å². The number of fused-ring (bicyclic) bond motifs is 1. The third-order valence-corrected chi connectivity index (χ3v) is 6.71. The maximum Gasteiger partial charge on any atom is 0.225 e. The molecule has 1 N–H and O–H groups in total. The summed E-state index contributed by atoms with van der Waals surface area (Å²) in [6.45, 7) is 4.49. The molecule has 1 fully saturated rings. The van der Waals surface area contributed by atoms with Gasteiger partial charge in [-0.1, -0.05) is 0 Å². The van der Waals surface area contributed by atoms with Crippen molar-refractivity contribution < 1.29 is 9.50 Å². The molecule has 0 aromatic carbocycles. The zero-order valence-electron chi connectivity index (χ0n) is 20.4. The van der Waals surface area contributed by atoms with Crippen LogP contribution in [-0.4, -0.2) is 70.6 Å². The van der Waals surface area contributed by atoms with Crippen molar-refractivity contribution in [2.45, 2.75) is 12.5 Å². The van der Waals surface area contributed by atoms with Crippen LogP contribution in [0.5, 0.6) is 0 Å². The van der Waals surface area contributed by atoms with Gasteiger partial charge in [-0.2, -0.15) is 10.2 Å². The standard InChI is InChI=1S/C25H25FN10O/c1-25(37,22-4-3-20(26)13-27-22)19-11-28-24(29-12-19)35-7-5-34(6-8-35)23-21-9-17(15-36(21)32-16-30-23)18-10-31-33(2)14-18/h3-4,9-16,37H,5-8H2,1-2H3/t25-/m1/s1. The fourth-order valence-electron chi connectivity index (χ4n) is 4.55. The molecule has 5 aromatic heterocycles. The molecule has 0 bridgehead atoms. The van der Waals surface area contributed by atoms with Crippen LogP contribution in [0.1, 0.15) is 18.2 Å². The molecule has 37 heavy (non-hydrogen) atoms. The van der Waals surface area contributed by atoms with E-state index < -0.39 is 11.4 Å². The van der Waals surface area contributed by atoms with Crippen LogP contribution in [0.2, 0.25) is 0 Å². The molecule has 1 saturated heterocycles. The van der Waals surface area contributed by atoms with Gasteiger partial charge in [0.05, 0.1) is 18.1 Å². The molecular weight excluding hydrogens is 475 g/mol. The first-order valence-electron chi connectivity index (χ1n) is 11.9. The second-order valence-corrected chi connectivity index (χ2v) is 9.22. The van der Waals surface area contributed by atoms with Crippen molar-refractivity contribution in [2.75, 3.05) is 36.0 Å². The lowest BCUT2D eigenvalue weighted by Crippen LogP contribution is -2.47. The molecule has 0 unspecified atom stereocenters. The molecule has 1 aliphatic heterocycles. The minimum absolute atomic E-state index is 0.326. The van der Waals surface area contributed by atoms with Gasteiger partial charge in [0.1, 0.15) is 23.3 Å². The minimum atomic E-state index is -1.44. The van der Waals surface area contributed by atoms with Crippen molar-refractivity contribution in [2.24, 2.45) is 7.05 Å². The van der Waals surface area contributed by atoms with Gasteiger partial charge in [-0.3, -0.25) is 9.67 Å². The second-order valence-electron chi connectivity index (χ2n) is 9.22. The molecule has 6 heterocycles. The molecule has 5 aromatic rings. The van der Waals surface area contributed by atoms with Crippen molar-refractivity contribution in [3.63, 3.8) is 0 Å². The summed E-state index contributed by atoms with van der Waals surface area (Å²) in [6, 6.07) is 4.81. The highest BCUT2D eigenvalue weighted by atomic mass is 19.1. The summed E-state index contributed by atoms with van der Waals surface area (Å²) in [5.74, 6) is 1.00. The highest BCUT2D eigenvalue weighted by Crippen LogP contribution is 2.29. The lowest BCUT2D eigenvalue weighted by molar-refractivity contribution is 0.0965. The molecule has 0 saturated carbocycles. The van der Waals surface area contributed by atoms with E-state index in [0.717, 1.165) is 41.7 Å². The van der Waals surface area contributed by atoms with Gasteiger partial charge in [0.15, 0.2) is 5.82 Å². The molecule has 12 heteroatoms. The normalized spacial score (nSPS) is 15.8. The van der Waals surface area contributed by atoms with Gasteiger partial charge in [0.2, 0.25) is 5.95 Å². The SMILES string of the molecule is Cn1cc(-c2cc3c(N4CCN(c5ncc([C@@](C)(O)c6ccc(F)cn6)cn5)CC4)ncnn3c2)cn1. The van der Waals surface area contributed by atoms with Crippen molar-refractivity contribution in [1.82, 2.24) is 39.3 Å². The number of aryl methyl sites for hydroxylation is 1. The number of anilines is 2. The van der Waals surface area contributed by atoms with Gasteiger partial charge in [-0.15, -0.1) is 0 Å². The number of aliphatic hydroxyl groups is 1. The summed E-state index contributed by atoms with van der Waals surface area (Å²) in [5.41, 5.74) is 2.37. The smallest absolute Gasteiger partial charge is 0.225 e. The van der Waals surface area contributed by atoms with Crippen LogP contribution in [0, 0.1) is 5.82 Å². The predicted molar refractivity (Wildman–Crippen MR) is 135 cm³/mol. The van der Waals surface area contributed by atoms with E-state index in [2.05, 4.69) is 46.0 Å². The molecule has 1 aliphatic rings. The average Bonchev–Trinajstić information content (AvgIpc) is 3.55. The first-order valence-corrected chi connectivity index (χ1v) is 11.9. The van der Waals surface area contributed by atoms with Gasteiger partial charge in [-0.25, -0.2) is 23.9 Å². The Morgan fingerprint density at radius 2 is 1.62 bits per heavy atom. The van der Waals surface area contributed by atoms with E-state index in [0.29, 0.717) is 30.3 Å². The van der Waals surface area contributed by atoms with E-state index >= 15 is 0 Å². The molecule has 6 rings (SSSR count). The number of piperazine rings is 1. The molecule has 1 atom stereocenters. The fourth-order valence-corrected chi connectivity index (χ4v) is 4.55. The first-order chi connectivity index (χ1) is 17.9. The number of hydrogen-bond acceptors (Lipinski definition) is 9. The van der Waals surface area contributed by atoms with Crippen LogP contribution in [-0.2, 0) is 12.6 Å². The summed E-state index contributed by atoms with van der Waals surface area (Å²) >= 11 is 0. The third kappa shape index (κ3) is 4.25. The second kappa shape index (κ2) is 8.89. The van der Waals surface area contributed by atoms with Crippen molar-refractivity contribution in [1.29, 1.82) is 0 Å². The summed E-state index contributed by atoms with van der Waals surface area (Å²) in [5, 5.41) is 19.6. The van der Waals surface area contributed by atoms with Gasteiger partial charge in [0.25, 0.3) is 0 Å². The lowest BCUT2D eigenvalue weighted by atomic mass is 9.94. The van der Waals surface area contributed by atoms with Gasteiger partial charge in [0, 0.05) is 74.7 Å². The summed E-state index contributed by atoms with van der Waals surface area (Å²) in [4.78, 5) is 21.9. The number of rotatable bonds is 5. The fraction of sp³-hybridized carbons (Fsp3) is 0.280. The Morgan fingerprint density at radius 3 is 2.30 bits per heavy atom. The number of halogens is 1. The topological polar surface area (TPSA) is 113 Å². The molecule has 0 aliphatic carbocycles. The van der Waals surface area contributed by atoms with Crippen molar-refractivity contribution in [3.05, 3.63) is 78.8 Å². The lowest BCUT2D eigenvalue weighted by Gasteiger charge is -2.35. The number of pyridine rings is 1. The largest absolute Gasteiger partial charge is 0.379 e. The highest BCUT2D eigenvalue weighted by Gasteiger charge is 2.29. The Bertz CT molecular complexity index is 1540. The Kier molecular flexibility index (Phi) is 5.52. The number of hydrogen-bond donors (Lipinski definition) is 1. The maximum atomic E-state index is 13.2. The van der Waals surface area contributed by atoms with Crippen LogP contribution in [0.4, 0.5) is 16.2 Å². The van der Waals surface area contributed by atoms with E-state index in [9.17, 15) is 9.50 Å². The quantitative estimate of drug-likeness (QED) is 0.387. The summed E-state index contributed by atoms with van der Waals surface area (Å²) < 4.78 is 16.9. The molecule has 11 nitrogen and oxygen atoms in total. The zero-order valence-corrected chi connectivity index (χ0v) is 20.4. The van der Waals surface area contributed by atoms with Crippen LogP contribution in [0.25, 0.3) is 16.6 Å². The zero-order chi connectivity index (χ0) is 25.6. The molecule has 0 radical (unpaired) electrons. The average molecular weight is 501 g/mol. The summed E-state index contributed by atoms with van der Waals surface area (Å²) in [7, 11) is 1.90. The van der Waals surface area contributed by atoms with Crippen LogP contribution in [0.15, 0.2) is 61.7 Å². The van der Waals surface area contributed by atoms with Crippen molar-refractivity contribution >= 4 is 17.3 Å². The van der Waals surface area contributed by atoms with E-state index in [1.54, 1.807) is 30.3 Å². The van der Waals surface area contributed by atoms with Gasteiger partial charge >= 0.3 is 0 Å². The Hall–Kier alpha value is -4.45. The Labute approximate surface area is 211 Å². The monoisotopic (exact) mass is 500 g/mol. The number of aromatic nitrogens is 8. The van der Waals surface area contributed by atoms with Crippen LogP contribution in [0.3, 0.4) is 0 Å². The van der Waals surface area contributed by atoms with E-state index in [1.165, 1.54) is 12.1 Å². The van der Waals surface area contributed by atoms with Gasteiger partial charge < -0.3 is 14.9 Å². The summed E-state index contributed by atoms with van der Waals surface area (Å²) in [6.07, 6.45) is 11.6. The minimum Gasteiger partial charge on any atom is -0.379 e. The van der Waals surface area contributed by atoms with Gasteiger partial charge in [-0.05, 0) is 25.1 Å².